The van der Waals surface area contributed by atoms with Crippen LogP contribution in [0.15, 0.2) is 72.8 Å². The van der Waals surface area contributed by atoms with Crippen molar-refractivity contribution in [1.82, 2.24) is 15.6 Å². The van der Waals surface area contributed by atoms with E-state index >= 15 is 0 Å². The van der Waals surface area contributed by atoms with E-state index in [-0.39, 0.29) is 11.9 Å². The van der Waals surface area contributed by atoms with Crippen molar-refractivity contribution in [3.05, 3.63) is 95.2 Å². The van der Waals surface area contributed by atoms with Gasteiger partial charge in [0, 0.05) is 17.6 Å². The van der Waals surface area contributed by atoms with Crippen molar-refractivity contribution < 1.29 is 9.90 Å². The zero-order chi connectivity index (χ0) is 21.6. The highest BCUT2D eigenvalue weighted by atomic mass is 16.3. The molecule has 0 bridgehead atoms. The van der Waals surface area contributed by atoms with Gasteiger partial charge in [-0.05, 0) is 54.7 Å². The first kappa shape index (κ1) is 21.0. The third-order valence-corrected chi connectivity index (χ3v) is 5.75. The number of hydrogen-bond acceptors (Lipinski definition) is 5. The highest BCUT2D eigenvalue weighted by Gasteiger charge is 2.29. The predicted octanol–water partition coefficient (Wildman–Crippen LogP) is 2.99. The highest BCUT2D eigenvalue weighted by molar-refractivity contribution is 5.94. The van der Waals surface area contributed by atoms with E-state index in [0.29, 0.717) is 24.0 Å². The number of nitrogens with zero attached hydrogens (tertiary/aromatic N) is 1. The minimum absolute atomic E-state index is 0.0677. The number of nitrogens with one attached hydrogen (secondary N) is 2. The lowest BCUT2D eigenvalue weighted by Crippen LogP contribution is -2.35. The molecule has 0 saturated carbocycles. The van der Waals surface area contributed by atoms with E-state index in [1.807, 2.05) is 66.7 Å². The van der Waals surface area contributed by atoms with Crippen LogP contribution in [-0.4, -0.2) is 28.1 Å². The predicted molar refractivity (Wildman–Crippen MR) is 121 cm³/mol. The van der Waals surface area contributed by atoms with Gasteiger partial charge in [0.15, 0.2) is 0 Å². The normalized spacial score (nSPS) is 19.1. The van der Waals surface area contributed by atoms with Crippen molar-refractivity contribution in [2.45, 2.75) is 44.0 Å². The van der Waals surface area contributed by atoms with Gasteiger partial charge in [-0.1, -0.05) is 48.5 Å². The summed E-state index contributed by atoms with van der Waals surface area (Å²) in [6, 6.07) is 23.2. The van der Waals surface area contributed by atoms with Gasteiger partial charge >= 0.3 is 0 Å². The maximum absolute atomic E-state index is 12.4. The molecule has 1 amide bonds. The average molecular weight is 417 g/mol. The molecule has 4 rings (SSSR count). The van der Waals surface area contributed by atoms with Crippen molar-refractivity contribution in [3.8, 4) is 0 Å². The number of pyridine rings is 1. The standard InChI is InChI=1S/C25H28N4O2/c26-23-8-4-7-21(29-23)16-27-25(31)19-11-9-17(10-12-19)15-20-13-14-22(28-20)24(30)18-5-2-1-3-6-18/h1-12,20,22,24,28,30H,13-16H2,(H2,26,29)(H,27,31)/t20-,22+,24+/m0/s1. The Labute approximate surface area is 182 Å². The number of nitrogen functional groups attached to an aromatic ring is 1. The van der Waals surface area contributed by atoms with Crippen LogP contribution in [0.5, 0.6) is 0 Å². The Hall–Kier alpha value is -3.22. The smallest absolute Gasteiger partial charge is 0.251 e. The number of aromatic nitrogens is 1. The number of aliphatic hydroxyl groups excluding tert-OH is 1. The quantitative estimate of drug-likeness (QED) is 0.474. The van der Waals surface area contributed by atoms with Crippen LogP contribution in [0.4, 0.5) is 5.82 Å². The van der Waals surface area contributed by atoms with Crippen LogP contribution in [0.3, 0.4) is 0 Å². The van der Waals surface area contributed by atoms with E-state index in [9.17, 15) is 9.90 Å². The third-order valence-electron chi connectivity index (χ3n) is 5.75. The molecule has 0 radical (unpaired) electrons. The van der Waals surface area contributed by atoms with Gasteiger partial charge in [-0.15, -0.1) is 0 Å². The molecule has 0 aliphatic carbocycles. The summed E-state index contributed by atoms with van der Waals surface area (Å²) in [4.78, 5) is 16.6. The molecule has 2 heterocycles. The molecule has 0 unspecified atom stereocenters. The van der Waals surface area contributed by atoms with Gasteiger partial charge in [-0.2, -0.15) is 0 Å². The second kappa shape index (κ2) is 9.73. The molecule has 6 nitrogen and oxygen atoms in total. The molecule has 1 aromatic heterocycles. The summed E-state index contributed by atoms with van der Waals surface area (Å²) in [5.74, 6) is 0.302. The first-order valence-corrected chi connectivity index (χ1v) is 10.7. The molecule has 3 atom stereocenters. The Bertz CT molecular complexity index is 1010. The number of carbonyl (C=O) groups excluding carboxylic acids is 1. The average Bonchev–Trinajstić information content (AvgIpc) is 3.26. The summed E-state index contributed by atoms with van der Waals surface area (Å²) in [5, 5.41) is 17.1. The van der Waals surface area contributed by atoms with Crippen molar-refractivity contribution >= 4 is 11.7 Å². The van der Waals surface area contributed by atoms with Crippen molar-refractivity contribution in [1.29, 1.82) is 0 Å². The highest BCUT2D eigenvalue weighted by Crippen LogP contribution is 2.26. The number of nitrogens with two attached hydrogens (primary N) is 1. The number of benzene rings is 2. The zero-order valence-corrected chi connectivity index (χ0v) is 17.4. The molecule has 1 aliphatic heterocycles. The van der Waals surface area contributed by atoms with Crippen LogP contribution in [-0.2, 0) is 13.0 Å². The summed E-state index contributed by atoms with van der Waals surface area (Å²) in [6.45, 7) is 0.336. The fraction of sp³-hybridized carbons (Fsp3) is 0.280. The second-order valence-electron chi connectivity index (χ2n) is 8.04. The van der Waals surface area contributed by atoms with E-state index in [0.717, 1.165) is 30.5 Å². The van der Waals surface area contributed by atoms with E-state index in [4.69, 9.17) is 5.73 Å². The Morgan fingerprint density at radius 2 is 1.84 bits per heavy atom. The first-order chi connectivity index (χ1) is 15.1. The van der Waals surface area contributed by atoms with Gasteiger partial charge < -0.3 is 21.5 Å². The van der Waals surface area contributed by atoms with Gasteiger partial charge in [0.05, 0.1) is 18.3 Å². The SMILES string of the molecule is Nc1cccc(CNC(=O)c2ccc(C[C@@H]3CC[C@H]([C@H](O)c4ccccc4)N3)cc2)n1. The Balaban J connectivity index is 1.28. The minimum atomic E-state index is -0.494. The lowest BCUT2D eigenvalue weighted by atomic mass is 10.0. The molecule has 1 aliphatic rings. The van der Waals surface area contributed by atoms with E-state index in [1.54, 1.807) is 6.07 Å². The summed E-state index contributed by atoms with van der Waals surface area (Å²) in [5.41, 5.74) is 9.13. The number of amides is 1. The van der Waals surface area contributed by atoms with Crippen LogP contribution < -0.4 is 16.4 Å². The maximum atomic E-state index is 12.4. The van der Waals surface area contributed by atoms with E-state index in [1.165, 1.54) is 5.56 Å². The molecule has 0 spiro atoms. The molecule has 3 aromatic rings. The van der Waals surface area contributed by atoms with Crippen LogP contribution in [0, 0.1) is 0 Å². The molecule has 160 valence electrons. The van der Waals surface area contributed by atoms with Gasteiger partial charge in [0.2, 0.25) is 0 Å². The molecule has 5 N–H and O–H groups in total. The van der Waals surface area contributed by atoms with E-state index < -0.39 is 6.10 Å². The minimum Gasteiger partial charge on any atom is -0.387 e. The van der Waals surface area contributed by atoms with Crippen molar-refractivity contribution in [3.63, 3.8) is 0 Å². The molecular formula is C25H28N4O2. The number of hydrogen-bond donors (Lipinski definition) is 4. The number of anilines is 1. The maximum Gasteiger partial charge on any atom is 0.251 e. The molecule has 31 heavy (non-hydrogen) atoms. The molecule has 1 fully saturated rings. The topological polar surface area (TPSA) is 100 Å². The van der Waals surface area contributed by atoms with Crippen molar-refractivity contribution in [2.75, 3.05) is 5.73 Å². The zero-order valence-electron chi connectivity index (χ0n) is 17.4. The third kappa shape index (κ3) is 5.48. The fourth-order valence-electron chi connectivity index (χ4n) is 4.09. The lowest BCUT2D eigenvalue weighted by Gasteiger charge is -2.20. The monoisotopic (exact) mass is 416 g/mol. The first-order valence-electron chi connectivity index (χ1n) is 10.7. The summed E-state index contributed by atoms with van der Waals surface area (Å²) in [6.07, 6.45) is 2.34. The Morgan fingerprint density at radius 1 is 1.06 bits per heavy atom. The summed E-state index contributed by atoms with van der Waals surface area (Å²) < 4.78 is 0. The van der Waals surface area contributed by atoms with Gasteiger partial charge in [0.25, 0.3) is 5.91 Å². The van der Waals surface area contributed by atoms with Crippen LogP contribution >= 0.6 is 0 Å². The summed E-state index contributed by atoms with van der Waals surface area (Å²) in [7, 11) is 0. The summed E-state index contributed by atoms with van der Waals surface area (Å²) >= 11 is 0. The Kier molecular flexibility index (Phi) is 6.60. The largest absolute Gasteiger partial charge is 0.387 e. The van der Waals surface area contributed by atoms with Crippen LogP contribution in [0.2, 0.25) is 0 Å². The van der Waals surface area contributed by atoms with Crippen LogP contribution in [0.1, 0.15) is 46.1 Å². The molecule has 6 heteroatoms. The van der Waals surface area contributed by atoms with Gasteiger partial charge in [-0.3, -0.25) is 4.79 Å². The lowest BCUT2D eigenvalue weighted by molar-refractivity contribution is 0.0950. The van der Waals surface area contributed by atoms with Gasteiger partial charge in [-0.25, -0.2) is 4.98 Å². The Morgan fingerprint density at radius 3 is 2.58 bits per heavy atom. The van der Waals surface area contributed by atoms with Crippen molar-refractivity contribution in [2.24, 2.45) is 0 Å². The molecular weight excluding hydrogens is 388 g/mol. The fourth-order valence-corrected chi connectivity index (χ4v) is 4.09. The molecule has 2 aromatic carbocycles. The molecule has 1 saturated heterocycles. The van der Waals surface area contributed by atoms with Gasteiger partial charge in [0.1, 0.15) is 5.82 Å². The number of rotatable bonds is 7. The van der Waals surface area contributed by atoms with Crippen LogP contribution in [0.25, 0.3) is 0 Å². The second-order valence-corrected chi connectivity index (χ2v) is 8.04. The number of aliphatic hydroxyl groups is 1. The van der Waals surface area contributed by atoms with E-state index in [2.05, 4.69) is 15.6 Å². The number of carbonyl (C=O) groups is 1.